The number of azo groups is 2. The summed E-state index contributed by atoms with van der Waals surface area (Å²) < 4.78 is 33.8. The van der Waals surface area contributed by atoms with Gasteiger partial charge in [0.25, 0.3) is 26.9 Å². The van der Waals surface area contributed by atoms with Crippen molar-refractivity contribution in [1.29, 1.82) is 0 Å². The van der Waals surface area contributed by atoms with Crippen molar-refractivity contribution in [3.05, 3.63) is 146 Å². The van der Waals surface area contributed by atoms with Crippen LogP contribution in [0.5, 0.6) is 11.5 Å². The number of nitro groups is 1. The van der Waals surface area contributed by atoms with Crippen molar-refractivity contribution >= 4 is 50.1 Å². The summed E-state index contributed by atoms with van der Waals surface area (Å²) in [6, 6.07) is 21.3. The maximum Gasteiger partial charge on any atom is 1.00 e. The number of phenolic OH excluding ortho intramolecular Hbond substituents is 2. The number of non-ortho nitro benzene ring substituents is 1. The average Bonchev–Trinajstić information content (AvgIpc) is 3.62. The van der Waals surface area contributed by atoms with Gasteiger partial charge in [-0.3, -0.25) is 34.3 Å². The van der Waals surface area contributed by atoms with Crippen LogP contribution in [0.1, 0.15) is 11.4 Å². The third-order valence-corrected chi connectivity index (χ3v) is 8.33. The molecule has 292 valence electrons. The van der Waals surface area contributed by atoms with Crippen LogP contribution in [0, 0.1) is 24.0 Å². The van der Waals surface area contributed by atoms with Gasteiger partial charge < -0.3 is 25.1 Å². The Hall–Kier alpha value is -5.25. The van der Waals surface area contributed by atoms with Crippen LogP contribution in [0.25, 0.3) is 11.4 Å². The number of nitrogens with zero attached hydrogens (tertiary/aromatic N) is 9. The van der Waals surface area contributed by atoms with Gasteiger partial charge in [-0.05, 0) is 73.5 Å². The summed E-state index contributed by atoms with van der Waals surface area (Å²) in [6.07, 6.45) is 1.09. The molecule has 6 rings (SSSR count). The number of aromatic nitrogens is 4. The number of para-hydroxylation sites is 1. The van der Waals surface area contributed by atoms with Gasteiger partial charge in [0.1, 0.15) is 28.6 Å². The van der Waals surface area contributed by atoms with Crippen molar-refractivity contribution in [3.8, 4) is 22.9 Å². The molecule has 0 unspecified atom stereocenters. The zero-order chi connectivity index (χ0) is 40.7. The normalized spacial score (nSPS) is 11.2. The topological polar surface area (TPSA) is 297 Å². The first-order valence-electron chi connectivity index (χ1n) is 15.8. The van der Waals surface area contributed by atoms with Gasteiger partial charge in [0.05, 0.1) is 26.9 Å². The van der Waals surface area contributed by atoms with Crippen molar-refractivity contribution < 1.29 is 110 Å². The van der Waals surface area contributed by atoms with E-state index in [1.807, 2.05) is 0 Å². The number of nitrogens with one attached hydrogen (secondary N) is 1. The monoisotopic (exact) mass is 878 g/mol. The minimum atomic E-state index is -4.46. The Morgan fingerprint density at radius 2 is 1.41 bits per heavy atom. The molecule has 0 amide bonds. The molecule has 20 nitrogen and oxygen atoms in total. The number of benzene rings is 4. The first-order chi connectivity index (χ1) is 26.6. The van der Waals surface area contributed by atoms with E-state index in [1.54, 1.807) is 68.4 Å². The van der Waals surface area contributed by atoms with Crippen LogP contribution in [-0.2, 0) is 27.5 Å². The Kier molecular flexibility index (Phi) is 18.3. The molecule has 2 aromatic heterocycles. The van der Waals surface area contributed by atoms with E-state index in [9.17, 15) is 43.4 Å². The van der Waals surface area contributed by atoms with Gasteiger partial charge in [0.2, 0.25) is 0 Å². The van der Waals surface area contributed by atoms with Crippen molar-refractivity contribution in [1.82, 2.24) is 19.6 Å². The number of hydrogen-bond acceptors (Lipinski definition) is 14. The zero-order valence-corrected chi connectivity index (χ0v) is 37.6. The van der Waals surface area contributed by atoms with Gasteiger partial charge in [-0.15, -0.1) is 26.2 Å². The molecule has 0 bridgehead atoms. The van der Waals surface area contributed by atoms with E-state index >= 15 is 0 Å². The van der Waals surface area contributed by atoms with E-state index in [0.29, 0.717) is 28.5 Å². The standard InChI is InChI=1S/C19H16N6O5.C16H14N4O5S.Cr.2Na/c1-3-17(27)20-12-4-6-13(7-5-12)24-19(28)18(11(2)23-24)22-21-15-10-14(25(29)30)8-9-16(15)26;1-10-15(16(22)20(19-10)11-5-3-2-4-6-11)18-17-13-9-12(26(23,24)25)7-8-14(13)21;;;/h3-10,23,26H,1H2,2H3,(H,20,27);2-9H,1H3,(H3,17,18,19,21,22,23,24,25);;;/q;;;2*+1/p-2. The third-order valence-electron chi connectivity index (χ3n) is 7.48. The minimum Gasteiger partial charge on any atom is -0.859 e. The fraction of sp³-hybridized carbons (Fsp3) is 0.0571. The van der Waals surface area contributed by atoms with Crippen molar-refractivity contribution in [3.63, 3.8) is 0 Å². The molecule has 0 aliphatic heterocycles. The molecule has 0 saturated carbocycles. The van der Waals surface area contributed by atoms with E-state index < -0.39 is 37.0 Å². The molecule has 2 heterocycles. The smallest absolute Gasteiger partial charge is 0.859 e. The van der Waals surface area contributed by atoms with E-state index in [4.69, 9.17) is 4.55 Å². The quantitative estimate of drug-likeness (QED) is 0.0260. The summed E-state index contributed by atoms with van der Waals surface area (Å²) in [6.45, 7) is 6.52. The number of H-pyrrole nitrogens is 1. The van der Waals surface area contributed by atoms with Crippen molar-refractivity contribution in [2.45, 2.75) is 18.7 Å². The van der Waals surface area contributed by atoms with E-state index in [1.165, 1.54) is 4.68 Å². The Bertz CT molecular complexity index is 2790. The fourth-order valence-corrected chi connectivity index (χ4v) is 5.20. The molecule has 0 spiro atoms. The Balaban J connectivity index is 0.000000390. The Morgan fingerprint density at radius 3 is 1.98 bits per heavy atom. The summed E-state index contributed by atoms with van der Waals surface area (Å²) in [5.41, 5.74) is 0.382. The molecule has 4 aromatic carbocycles. The second-order valence-corrected chi connectivity index (χ2v) is 12.8. The number of phenols is 2. The number of aliphatic imine (C=N–C) groups is 1. The third kappa shape index (κ3) is 12.4. The molecular formula is C35H28CrN10Na2O10S. The first-order valence-corrected chi connectivity index (χ1v) is 17.2. The van der Waals surface area contributed by atoms with Crippen LogP contribution in [0.2, 0.25) is 0 Å². The summed E-state index contributed by atoms with van der Waals surface area (Å²) in [4.78, 5) is 38.7. The van der Waals surface area contributed by atoms with E-state index in [0.717, 1.165) is 47.2 Å². The molecule has 0 aliphatic carbocycles. The molecule has 6 aromatic rings. The van der Waals surface area contributed by atoms with Crippen LogP contribution >= 0.6 is 0 Å². The predicted molar refractivity (Wildman–Crippen MR) is 200 cm³/mol. The summed E-state index contributed by atoms with van der Waals surface area (Å²) in [5, 5.41) is 63.9. The Labute approximate surface area is 389 Å². The molecule has 0 aliphatic rings. The van der Waals surface area contributed by atoms with Crippen molar-refractivity contribution in [2.75, 3.05) is 0 Å². The van der Waals surface area contributed by atoms with E-state index in [-0.39, 0.29) is 116 Å². The number of aromatic hydroxyl groups is 2. The molecule has 4 N–H and O–H groups in total. The molecule has 0 saturated heterocycles. The van der Waals surface area contributed by atoms with Gasteiger partial charge in [0.15, 0.2) is 5.69 Å². The number of aromatic amines is 1. The summed E-state index contributed by atoms with van der Waals surface area (Å²) >= 11 is 0. The maximum absolute atomic E-state index is 12.7. The minimum absolute atomic E-state index is 0. The summed E-state index contributed by atoms with van der Waals surface area (Å²) in [5.74, 6) is -1.16. The second kappa shape index (κ2) is 21.7. The largest absolute Gasteiger partial charge is 1.00 e. The number of rotatable bonds is 10. The van der Waals surface area contributed by atoms with Gasteiger partial charge >= 0.3 is 59.1 Å². The average molecular weight is 879 g/mol. The van der Waals surface area contributed by atoms with Crippen LogP contribution in [-0.4, -0.2) is 48.5 Å². The number of nitro benzene ring substituents is 1. The maximum atomic E-state index is 12.7. The first kappa shape index (κ1) is 49.9. The Morgan fingerprint density at radius 1 is 0.831 bits per heavy atom. The second-order valence-electron chi connectivity index (χ2n) is 11.3. The predicted octanol–water partition coefficient (Wildman–Crippen LogP) is -0.444. The van der Waals surface area contributed by atoms with Crippen LogP contribution in [0.4, 0.5) is 34.1 Å². The number of aryl methyl sites for hydroxylation is 2. The molecule has 59 heavy (non-hydrogen) atoms. The molecule has 0 atom stereocenters. The molecule has 0 radical (unpaired) electrons. The van der Waals surface area contributed by atoms with E-state index in [2.05, 4.69) is 42.2 Å². The van der Waals surface area contributed by atoms with Crippen LogP contribution < -0.4 is 80.4 Å². The fourth-order valence-electron chi connectivity index (χ4n) is 4.70. The van der Waals surface area contributed by atoms with Crippen molar-refractivity contribution in [2.24, 2.45) is 25.4 Å². The van der Waals surface area contributed by atoms with Gasteiger partial charge in [0, 0.05) is 35.2 Å². The summed E-state index contributed by atoms with van der Waals surface area (Å²) in [7, 11) is -4.46. The van der Waals surface area contributed by atoms with Gasteiger partial charge in [-0.2, -0.15) is 8.42 Å². The van der Waals surface area contributed by atoms with Gasteiger partial charge in [-0.25, -0.2) is 4.68 Å². The molecular weight excluding hydrogens is 850 g/mol. The molecule has 24 heteroatoms. The number of hydrogen-bond donors (Lipinski definition) is 4. The van der Waals surface area contributed by atoms with Gasteiger partial charge in [-0.1, -0.05) is 37.8 Å². The SMILES string of the molecule is C=CC([O-])=Nc1ccc(-n2[nH]c(C)c(N=Nc3cc([N+](=O)[O-])ccc3O)c2=O)cc1.Cc1[n-]n(-c2ccccc2)c(=O)c1N=Nc1cc(S(=O)(=O)O)ccc1O.[Cr].[Na+].[Na+]. The van der Waals surface area contributed by atoms with Crippen LogP contribution in [0.15, 0.2) is 144 Å². The van der Waals surface area contributed by atoms with Crippen LogP contribution in [0.3, 0.4) is 0 Å². The zero-order valence-electron chi connectivity index (χ0n) is 31.5. The molecule has 0 fully saturated rings.